The van der Waals surface area contributed by atoms with E-state index in [0.29, 0.717) is 4.67 Å². The van der Waals surface area contributed by atoms with Crippen molar-refractivity contribution in [3.05, 3.63) is 64.8 Å². The molecule has 0 saturated carbocycles. The summed E-state index contributed by atoms with van der Waals surface area (Å²) in [5.74, 6) is 5.72. The van der Waals surface area contributed by atoms with E-state index in [2.05, 4.69) is 32.4 Å². The summed E-state index contributed by atoms with van der Waals surface area (Å²) in [4.78, 5) is 4.28. The molecule has 0 saturated heterocycles. The lowest BCUT2D eigenvalue weighted by Crippen LogP contribution is -2.29. The third-order valence-electron chi connectivity index (χ3n) is 3.13. The summed E-state index contributed by atoms with van der Waals surface area (Å²) < 4.78 is 5.95. The molecule has 2 aromatic heterocycles. The Hall–Kier alpha value is -1.69. The molecule has 2 heterocycles. The first-order valence-electron chi connectivity index (χ1n) is 5.83. The van der Waals surface area contributed by atoms with Crippen LogP contribution in [0, 0.1) is 0 Å². The van der Waals surface area contributed by atoms with Crippen LogP contribution < -0.4 is 11.3 Å². The smallest absolute Gasteiger partial charge is 0.174 e. The van der Waals surface area contributed by atoms with Crippen molar-refractivity contribution in [3.63, 3.8) is 0 Å². The lowest BCUT2D eigenvalue weighted by molar-refractivity contribution is 0.527. The van der Waals surface area contributed by atoms with E-state index in [-0.39, 0.29) is 6.04 Å². The first kappa shape index (κ1) is 12.3. The molecule has 0 radical (unpaired) electrons. The van der Waals surface area contributed by atoms with Gasteiger partial charge in [-0.2, -0.15) is 0 Å². The Morgan fingerprint density at radius 1 is 1.16 bits per heavy atom. The molecule has 0 bridgehead atoms. The van der Waals surface area contributed by atoms with E-state index >= 15 is 0 Å². The highest BCUT2D eigenvalue weighted by atomic mass is 79.9. The number of hydrogen-bond donors (Lipinski definition) is 2. The van der Waals surface area contributed by atoms with Crippen LogP contribution >= 0.6 is 15.9 Å². The number of nitrogens with two attached hydrogens (primary N) is 1. The molecule has 1 aromatic carbocycles. The zero-order valence-corrected chi connectivity index (χ0v) is 11.6. The molecule has 3 aromatic rings. The van der Waals surface area contributed by atoms with Crippen molar-refractivity contribution in [2.75, 3.05) is 0 Å². The highest BCUT2D eigenvalue weighted by Gasteiger charge is 2.19. The molecule has 0 amide bonds. The fraction of sp³-hybridized carbons (Fsp3) is 0.0714. The summed E-state index contributed by atoms with van der Waals surface area (Å²) in [5, 5.41) is 2.20. The van der Waals surface area contributed by atoms with Crippen molar-refractivity contribution < 1.29 is 4.42 Å². The van der Waals surface area contributed by atoms with Crippen LogP contribution in [-0.2, 0) is 0 Å². The van der Waals surface area contributed by atoms with E-state index < -0.39 is 0 Å². The second kappa shape index (κ2) is 5.13. The fourth-order valence-electron chi connectivity index (χ4n) is 2.23. The number of halogens is 1. The van der Waals surface area contributed by atoms with Gasteiger partial charge in [-0.1, -0.05) is 24.3 Å². The summed E-state index contributed by atoms with van der Waals surface area (Å²) in [5.41, 5.74) is 4.79. The summed E-state index contributed by atoms with van der Waals surface area (Å²) in [6, 6.07) is 9.80. The number of aromatic nitrogens is 1. The second-order valence-corrected chi connectivity index (χ2v) is 4.92. The Kier molecular flexibility index (Phi) is 3.33. The van der Waals surface area contributed by atoms with Crippen LogP contribution in [0.1, 0.15) is 17.2 Å². The average Bonchev–Trinajstić information content (AvgIpc) is 2.86. The van der Waals surface area contributed by atoms with Crippen molar-refractivity contribution in [1.82, 2.24) is 10.4 Å². The number of hydrogen-bond acceptors (Lipinski definition) is 4. The number of rotatable bonds is 3. The molecule has 0 fully saturated rings. The Morgan fingerprint density at radius 2 is 2.00 bits per heavy atom. The van der Waals surface area contributed by atoms with Crippen LogP contribution in [0.25, 0.3) is 10.8 Å². The summed E-state index contributed by atoms with van der Waals surface area (Å²) in [6.45, 7) is 0. The maximum Gasteiger partial charge on any atom is 0.174 e. The van der Waals surface area contributed by atoms with E-state index in [1.807, 2.05) is 36.7 Å². The summed E-state index contributed by atoms with van der Waals surface area (Å²) in [6.07, 6.45) is 5.30. The molecule has 0 spiro atoms. The van der Waals surface area contributed by atoms with Crippen LogP contribution in [0.4, 0.5) is 0 Å². The number of hydrazine groups is 1. The molecule has 1 unspecified atom stereocenters. The Morgan fingerprint density at radius 3 is 2.74 bits per heavy atom. The lowest BCUT2D eigenvalue weighted by Gasteiger charge is -2.17. The predicted molar refractivity (Wildman–Crippen MR) is 77.3 cm³/mol. The van der Waals surface area contributed by atoms with Gasteiger partial charge in [0.25, 0.3) is 0 Å². The van der Waals surface area contributed by atoms with Crippen molar-refractivity contribution in [3.8, 4) is 0 Å². The predicted octanol–water partition coefficient (Wildman–Crippen LogP) is 3.14. The number of nitrogens with zero attached hydrogens (tertiary/aromatic N) is 1. The van der Waals surface area contributed by atoms with Crippen LogP contribution in [-0.4, -0.2) is 4.98 Å². The largest absolute Gasteiger partial charge is 0.457 e. The van der Waals surface area contributed by atoms with Gasteiger partial charge in [-0.25, -0.2) is 5.43 Å². The Bertz CT molecular complexity index is 705. The third-order valence-corrected chi connectivity index (χ3v) is 3.78. The quantitative estimate of drug-likeness (QED) is 0.575. The van der Waals surface area contributed by atoms with Crippen molar-refractivity contribution >= 4 is 26.7 Å². The van der Waals surface area contributed by atoms with E-state index in [9.17, 15) is 0 Å². The monoisotopic (exact) mass is 317 g/mol. The summed E-state index contributed by atoms with van der Waals surface area (Å²) in [7, 11) is 0. The molecule has 96 valence electrons. The topological polar surface area (TPSA) is 64.1 Å². The molecular weight excluding hydrogens is 306 g/mol. The van der Waals surface area contributed by atoms with Gasteiger partial charge >= 0.3 is 0 Å². The van der Waals surface area contributed by atoms with E-state index in [4.69, 9.17) is 10.3 Å². The van der Waals surface area contributed by atoms with Gasteiger partial charge in [-0.05, 0) is 27.4 Å². The van der Waals surface area contributed by atoms with Gasteiger partial charge in [0.05, 0.1) is 12.3 Å². The molecule has 3 rings (SSSR count). The van der Waals surface area contributed by atoms with Crippen LogP contribution in [0.5, 0.6) is 0 Å². The van der Waals surface area contributed by atoms with Crippen LogP contribution in [0.3, 0.4) is 0 Å². The molecule has 0 aliphatic rings. The minimum Gasteiger partial charge on any atom is -0.457 e. The van der Waals surface area contributed by atoms with Crippen LogP contribution in [0.2, 0.25) is 0 Å². The average molecular weight is 318 g/mol. The summed E-state index contributed by atoms with van der Waals surface area (Å²) >= 11 is 3.39. The SMILES string of the molecule is NNC(c1ccoc1Br)c1cncc2ccccc12. The van der Waals surface area contributed by atoms with Gasteiger partial charge in [0.1, 0.15) is 0 Å². The highest BCUT2D eigenvalue weighted by molar-refractivity contribution is 9.10. The van der Waals surface area contributed by atoms with Gasteiger partial charge in [0.15, 0.2) is 4.67 Å². The molecule has 5 heteroatoms. The van der Waals surface area contributed by atoms with E-state index in [1.54, 1.807) is 6.26 Å². The lowest BCUT2D eigenvalue weighted by atomic mass is 9.98. The minimum absolute atomic E-state index is 0.174. The van der Waals surface area contributed by atoms with Gasteiger partial charge in [-0.3, -0.25) is 10.8 Å². The second-order valence-electron chi connectivity index (χ2n) is 4.20. The molecule has 0 aliphatic carbocycles. The van der Waals surface area contributed by atoms with E-state index in [0.717, 1.165) is 21.9 Å². The standard InChI is InChI=1S/C14H12BrN3O/c15-14-11(5-6-19-14)13(18-16)12-8-17-7-9-3-1-2-4-10(9)12/h1-8,13,18H,16H2. The van der Waals surface area contributed by atoms with Gasteiger partial charge in [0, 0.05) is 28.9 Å². The molecule has 1 atom stereocenters. The zero-order chi connectivity index (χ0) is 13.2. The van der Waals surface area contributed by atoms with Gasteiger partial charge < -0.3 is 4.42 Å². The molecule has 0 aliphatic heterocycles. The number of pyridine rings is 1. The number of benzene rings is 1. The maximum absolute atomic E-state index is 5.72. The maximum atomic E-state index is 5.72. The molecule has 19 heavy (non-hydrogen) atoms. The van der Waals surface area contributed by atoms with Crippen molar-refractivity contribution in [1.29, 1.82) is 0 Å². The fourth-order valence-corrected chi connectivity index (χ4v) is 2.70. The number of furan rings is 1. The Labute approximate surface area is 118 Å². The third kappa shape index (κ3) is 2.16. The molecule has 3 N–H and O–H groups in total. The minimum atomic E-state index is -0.174. The van der Waals surface area contributed by atoms with Crippen molar-refractivity contribution in [2.24, 2.45) is 5.84 Å². The highest BCUT2D eigenvalue weighted by Crippen LogP contribution is 2.32. The number of fused-ring (bicyclic) bond motifs is 1. The first-order chi connectivity index (χ1) is 9.31. The van der Waals surface area contributed by atoms with E-state index in [1.165, 1.54) is 0 Å². The molecule has 4 nitrogen and oxygen atoms in total. The first-order valence-corrected chi connectivity index (χ1v) is 6.62. The Balaban J connectivity index is 2.20. The van der Waals surface area contributed by atoms with Gasteiger partial charge in [-0.15, -0.1) is 0 Å². The zero-order valence-electron chi connectivity index (χ0n) is 10.0. The number of nitrogens with one attached hydrogen (secondary N) is 1. The normalized spacial score (nSPS) is 12.7. The van der Waals surface area contributed by atoms with Gasteiger partial charge in [0.2, 0.25) is 0 Å². The molecular formula is C14H12BrN3O. The van der Waals surface area contributed by atoms with Crippen molar-refractivity contribution in [2.45, 2.75) is 6.04 Å². The van der Waals surface area contributed by atoms with Crippen LogP contribution in [0.15, 0.2) is 58.1 Å².